The molecule has 1 unspecified atom stereocenters. The van der Waals surface area contributed by atoms with E-state index in [9.17, 15) is 9.90 Å². The van der Waals surface area contributed by atoms with Crippen molar-refractivity contribution >= 4 is 11.6 Å². The van der Waals surface area contributed by atoms with Crippen molar-refractivity contribution in [3.05, 3.63) is 29.8 Å². The number of carbonyl (C=O) groups excluding carboxylic acids is 1. The largest absolute Gasteiger partial charge is 0.394 e. The van der Waals surface area contributed by atoms with Gasteiger partial charge in [0, 0.05) is 12.7 Å². The van der Waals surface area contributed by atoms with Gasteiger partial charge in [0.05, 0.1) is 12.1 Å². The lowest BCUT2D eigenvalue weighted by Gasteiger charge is -2.38. The fourth-order valence-corrected chi connectivity index (χ4v) is 2.26. The summed E-state index contributed by atoms with van der Waals surface area (Å²) in [6, 6.07) is 7.88. The molecular weight excluding hydrogens is 240 g/mol. The SMILES string of the molecule is CN(C(=O)C1CCc2ccccc2N1)C(C)(C)CO. The van der Waals surface area contributed by atoms with Crippen LogP contribution in [0.25, 0.3) is 0 Å². The maximum Gasteiger partial charge on any atom is 0.245 e. The number of anilines is 1. The van der Waals surface area contributed by atoms with Gasteiger partial charge in [-0.25, -0.2) is 0 Å². The Labute approximate surface area is 114 Å². The number of likely N-dealkylation sites (N-methyl/N-ethyl adjacent to an activating group) is 1. The molecule has 4 nitrogen and oxygen atoms in total. The Kier molecular flexibility index (Phi) is 3.80. The normalized spacial score (nSPS) is 18.4. The number of hydrogen-bond donors (Lipinski definition) is 2. The Morgan fingerprint density at radius 3 is 2.84 bits per heavy atom. The van der Waals surface area contributed by atoms with Crippen LogP contribution >= 0.6 is 0 Å². The van der Waals surface area contributed by atoms with Gasteiger partial charge in [-0.3, -0.25) is 4.79 Å². The highest BCUT2D eigenvalue weighted by Crippen LogP contribution is 2.26. The van der Waals surface area contributed by atoms with Crippen LogP contribution in [0.4, 0.5) is 5.69 Å². The molecule has 0 saturated heterocycles. The molecule has 2 rings (SSSR count). The number of fused-ring (bicyclic) bond motifs is 1. The molecule has 2 N–H and O–H groups in total. The first-order valence-electron chi connectivity index (χ1n) is 6.68. The lowest BCUT2D eigenvalue weighted by atomic mass is 9.96. The predicted octanol–water partition coefficient (Wildman–Crippen LogP) is 1.64. The Bertz CT molecular complexity index is 471. The highest BCUT2D eigenvalue weighted by atomic mass is 16.3. The quantitative estimate of drug-likeness (QED) is 0.870. The lowest BCUT2D eigenvalue weighted by Crippen LogP contribution is -2.53. The van der Waals surface area contributed by atoms with Crippen LogP contribution in [0.15, 0.2) is 24.3 Å². The van der Waals surface area contributed by atoms with Gasteiger partial charge in [-0.2, -0.15) is 0 Å². The van der Waals surface area contributed by atoms with Gasteiger partial charge in [0.2, 0.25) is 5.91 Å². The van der Waals surface area contributed by atoms with Crippen LogP contribution in [0, 0.1) is 0 Å². The third-order valence-electron chi connectivity index (χ3n) is 3.97. The molecule has 0 aliphatic carbocycles. The molecule has 1 aliphatic rings. The van der Waals surface area contributed by atoms with Crippen LogP contribution in [0.1, 0.15) is 25.8 Å². The molecule has 0 bridgehead atoms. The van der Waals surface area contributed by atoms with E-state index in [1.807, 2.05) is 32.0 Å². The number of nitrogens with zero attached hydrogens (tertiary/aromatic N) is 1. The molecule has 1 atom stereocenters. The van der Waals surface area contributed by atoms with Crippen LogP contribution in [0.5, 0.6) is 0 Å². The van der Waals surface area contributed by atoms with Crippen LogP contribution in [0.2, 0.25) is 0 Å². The van der Waals surface area contributed by atoms with Gasteiger partial charge < -0.3 is 15.3 Å². The minimum absolute atomic E-state index is 0.0357. The van der Waals surface area contributed by atoms with E-state index in [1.165, 1.54) is 5.56 Å². The minimum Gasteiger partial charge on any atom is -0.394 e. The fourth-order valence-electron chi connectivity index (χ4n) is 2.26. The van der Waals surface area contributed by atoms with E-state index in [4.69, 9.17) is 0 Å². The summed E-state index contributed by atoms with van der Waals surface area (Å²) in [6.45, 7) is 3.68. The summed E-state index contributed by atoms with van der Waals surface area (Å²) >= 11 is 0. The summed E-state index contributed by atoms with van der Waals surface area (Å²) in [7, 11) is 1.75. The van der Waals surface area contributed by atoms with Gasteiger partial charge in [0.1, 0.15) is 6.04 Å². The molecule has 1 amide bonds. The number of para-hydroxylation sites is 1. The Hall–Kier alpha value is -1.55. The third kappa shape index (κ3) is 2.73. The summed E-state index contributed by atoms with van der Waals surface area (Å²) < 4.78 is 0. The number of carbonyl (C=O) groups is 1. The van der Waals surface area contributed by atoms with Crippen LogP contribution < -0.4 is 5.32 Å². The predicted molar refractivity (Wildman–Crippen MR) is 76.1 cm³/mol. The van der Waals surface area contributed by atoms with E-state index >= 15 is 0 Å². The van der Waals surface area contributed by atoms with E-state index in [-0.39, 0.29) is 18.6 Å². The van der Waals surface area contributed by atoms with Gasteiger partial charge in [0.15, 0.2) is 0 Å². The summed E-state index contributed by atoms with van der Waals surface area (Å²) in [5, 5.41) is 12.7. The third-order valence-corrected chi connectivity index (χ3v) is 3.97. The van der Waals surface area contributed by atoms with Gasteiger partial charge in [-0.1, -0.05) is 18.2 Å². The molecule has 0 spiro atoms. The summed E-state index contributed by atoms with van der Waals surface area (Å²) in [5.74, 6) is 0.0357. The molecule has 1 aromatic rings. The van der Waals surface area contributed by atoms with Crippen molar-refractivity contribution in [3.8, 4) is 0 Å². The zero-order valence-electron chi connectivity index (χ0n) is 11.8. The van der Waals surface area contributed by atoms with Crippen molar-refractivity contribution in [1.29, 1.82) is 0 Å². The first-order valence-corrected chi connectivity index (χ1v) is 6.68. The standard InChI is InChI=1S/C15H22N2O2/c1-15(2,10-18)17(3)14(19)13-9-8-11-6-4-5-7-12(11)16-13/h4-7,13,16,18H,8-10H2,1-3H3. The second-order valence-corrected chi connectivity index (χ2v) is 5.76. The number of amides is 1. The average Bonchev–Trinajstić information content (AvgIpc) is 2.45. The van der Waals surface area contributed by atoms with Crippen LogP contribution in [0.3, 0.4) is 0 Å². The molecule has 0 radical (unpaired) electrons. The van der Waals surface area contributed by atoms with Crippen molar-refractivity contribution in [1.82, 2.24) is 4.90 Å². The minimum atomic E-state index is -0.532. The maximum atomic E-state index is 12.5. The average molecular weight is 262 g/mol. The van der Waals surface area contributed by atoms with Crippen LogP contribution in [-0.2, 0) is 11.2 Å². The number of aliphatic hydroxyl groups is 1. The van der Waals surface area contributed by atoms with Crippen molar-refractivity contribution in [2.75, 3.05) is 19.0 Å². The van der Waals surface area contributed by atoms with Gasteiger partial charge in [-0.05, 0) is 38.3 Å². The molecule has 4 heteroatoms. The highest BCUT2D eigenvalue weighted by Gasteiger charge is 2.33. The molecule has 19 heavy (non-hydrogen) atoms. The van der Waals surface area contributed by atoms with Gasteiger partial charge in [-0.15, -0.1) is 0 Å². The molecule has 1 aromatic carbocycles. The monoisotopic (exact) mass is 262 g/mol. The van der Waals surface area contributed by atoms with E-state index in [0.717, 1.165) is 18.5 Å². The topological polar surface area (TPSA) is 52.6 Å². The fraction of sp³-hybridized carbons (Fsp3) is 0.533. The maximum absolute atomic E-state index is 12.5. The second-order valence-electron chi connectivity index (χ2n) is 5.76. The smallest absolute Gasteiger partial charge is 0.245 e. The Morgan fingerprint density at radius 2 is 2.16 bits per heavy atom. The number of benzene rings is 1. The number of rotatable bonds is 3. The van der Waals surface area contributed by atoms with Gasteiger partial charge >= 0.3 is 0 Å². The number of aryl methyl sites for hydroxylation is 1. The molecular formula is C15H22N2O2. The van der Waals surface area contributed by atoms with Crippen LogP contribution in [-0.4, -0.2) is 41.1 Å². The summed E-state index contributed by atoms with van der Waals surface area (Å²) in [5.41, 5.74) is 1.77. The first-order chi connectivity index (χ1) is 8.95. The zero-order chi connectivity index (χ0) is 14.0. The number of nitrogens with one attached hydrogen (secondary N) is 1. The molecule has 1 heterocycles. The number of hydrogen-bond acceptors (Lipinski definition) is 3. The highest BCUT2D eigenvalue weighted by molar-refractivity contribution is 5.86. The Morgan fingerprint density at radius 1 is 1.47 bits per heavy atom. The zero-order valence-corrected chi connectivity index (χ0v) is 11.8. The number of aliphatic hydroxyl groups excluding tert-OH is 1. The van der Waals surface area contributed by atoms with Crippen molar-refractivity contribution in [2.24, 2.45) is 0 Å². The molecule has 0 fully saturated rings. The van der Waals surface area contributed by atoms with E-state index in [1.54, 1.807) is 11.9 Å². The van der Waals surface area contributed by atoms with E-state index < -0.39 is 5.54 Å². The summed E-state index contributed by atoms with van der Waals surface area (Å²) in [6.07, 6.45) is 1.70. The van der Waals surface area contributed by atoms with Crippen molar-refractivity contribution < 1.29 is 9.90 Å². The summed E-state index contributed by atoms with van der Waals surface area (Å²) in [4.78, 5) is 14.1. The van der Waals surface area contributed by atoms with Gasteiger partial charge in [0.25, 0.3) is 0 Å². The van der Waals surface area contributed by atoms with Crippen molar-refractivity contribution in [3.63, 3.8) is 0 Å². The second kappa shape index (κ2) is 5.21. The molecule has 104 valence electrons. The molecule has 1 aliphatic heterocycles. The lowest BCUT2D eigenvalue weighted by molar-refractivity contribution is -0.137. The molecule has 0 saturated carbocycles. The van der Waals surface area contributed by atoms with E-state index in [0.29, 0.717) is 0 Å². The Balaban J connectivity index is 2.11. The first kappa shape index (κ1) is 13.9. The molecule has 0 aromatic heterocycles. The van der Waals surface area contributed by atoms with Crippen molar-refractivity contribution in [2.45, 2.75) is 38.3 Å². The van der Waals surface area contributed by atoms with E-state index in [2.05, 4.69) is 11.4 Å².